The summed E-state index contributed by atoms with van der Waals surface area (Å²) in [7, 11) is 3.58. The SMILES string of the molecule is COCC[C@@H]1C[C@@H](NC(=O)Nc2c(C)c(-c3cnn(C)c3)nn2-c2ccccc2)[C@H](C)N1. The Bertz CT molecular complexity index is 1060. The van der Waals surface area contributed by atoms with E-state index in [1.165, 1.54) is 0 Å². The van der Waals surface area contributed by atoms with Crippen molar-refractivity contribution in [3.8, 4) is 16.9 Å². The minimum absolute atomic E-state index is 0.0445. The Morgan fingerprint density at radius 1 is 1.31 bits per heavy atom. The Labute approximate surface area is 188 Å². The van der Waals surface area contributed by atoms with Gasteiger partial charge in [-0.25, -0.2) is 9.48 Å². The van der Waals surface area contributed by atoms with Gasteiger partial charge in [0, 0.05) is 56.2 Å². The van der Waals surface area contributed by atoms with Gasteiger partial charge in [-0.15, -0.1) is 0 Å². The summed E-state index contributed by atoms with van der Waals surface area (Å²) < 4.78 is 8.70. The average molecular weight is 438 g/mol. The number of ether oxygens (including phenoxy) is 1. The molecule has 0 radical (unpaired) electrons. The lowest BCUT2D eigenvalue weighted by molar-refractivity contribution is 0.184. The molecule has 4 rings (SSSR count). The van der Waals surface area contributed by atoms with Crippen molar-refractivity contribution in [3.63, 3.8) is 0 Å². The third kappa shape index (κ3) is 4.68. The van der Waals surface area contributed by atoms with Crippen LogP contribution in [0.4, 0.5) is 10.6 Å². The second kappa shape index (κ2) is 9.54. The topological polar surface area (TPSA) is 98.0 Å². The number of nitrogens with one attached hydrogen (secondary N) is 3. The number of urea groups is 1. The standard InChI is InChI=1S/C23H31N7O2/c1-15-21(17-13-24-29(3)14-17)28-30(19-8-6-5-7-9-19)22(15)27-23(31)26-20-12-18(10-11-32-4)25-16(20)2/h5-9,13-14,16,18,20,25H,10-12H2,1-4H3,(H2,26,27,31)/t16-,18+,20+/m0/s1. The Balaban J connectivity index is 1.56. The molecule has 0 unspecified atom stereocenters. The number of benzene rings is 1. The lowest BCUT2D eigenvalue weighted by Gasteiger charge is -2.18. The molecule has 2 aromatic heterocycles. The van der Waals surface area contributed by atoms with E-state index < -0.39 is 0 Å². The van der Waals surface area contributed by atoms with Crippen molar-refractivity contribution in [1.29, 1.82) is 0 Å². The van der Waals surface area contributed by atoms with Crippen LogP contribution in [-0.4, -0.2) is 57.4 Å². The van der Waals surface area contributed by atoms with E-state index in [1.54, 1.807) is 22.7 Å². The fourth-order valence-corrected chi connectivity index (χ4v) is 4.24. The number of amides is 2. The van der Waals surface area contributed by atoms with Crippen molar-refractivity contribution in [2.24, 2.45) is 7.05 Å². The van der Waals surface area contributed by atoms with Gasteiger partial charge in [-0.2, -0.15) is 10.2 Å². The highest BCUT2D eigenvalue weighted by Gasteiger charge is 2.31. The number of carbonyl (C=O) groups is 1. The van der Waals surface area contributed by atoms with Crippen molar-refractivity contribution >= 4 is 11.8 Å². The Hall–Kier alpha value is -3.17. The van der Waals surface area contributed by atoms with E-state index >= 15 is 0 Å². The number of hydrogen-bond acceptors (Lipinski definition) is 5. The van der Waals surface area contributed by atoms with Crippen LogP contribution >= 0.6 is 0 Å². The molecule has 1 aromatic carbocycles. The molecule has 1 aliphatic rings. The van der Waals surface area contributed by atoms with Gasteiger partial charge in [0.2, 0.25) is 0 Å². The summed E-state index contributed by atoms with van der Waals surface area (Å²) in [5.41, 5.74) is 3.44. The number of para-hydroxylation sites is 1. The molecule has 3 N–H and O–H groups in total. The van der Waals surface area contributed by atoms with Crippen molar-refractivity contribution in [2.75, 3.05) is 19.0 Å². The summed E-state index contributed by atoms with van der Waals surface area (Å²) >= 11 is 0. The largest absolute Gasteiger partial charge is 0.385 e. The third-order valence-electron chi connectivity index (χ3n) is 5.96. The van der Waals surface area contributed by atoms with Crippen LogP contribution in [0.5, 0.6) is 0 Å². The summed E-state index contributed by atoms with van der Waals surface area (Å²) in [5, 5.41) is 18.8. The number of carbonyl (C=O) groups excluding carboxylic acids is 1. The Morgan fingerprint density at radius 3 is 2.78 bits per heavy atom. The van der Waals surface area contributed by atoms with E-state index in [1.807, 2.05) is 50.5 Å². The molecular formula is C23H31N7O2. The maximum Gasteiger partial charge on any atom is 0.320 e. The molecule has 32 heavy (non-hydrogen) atoms. The molecule has 3 atom stereocenters. The van der Waals surface area contributed by atoms with Crippen molar-refractivity contribution in [3.05, 3.63) is 48.3 Å². The highest BCUT2D eigenvalue weighted by molar-refractivity contribution is 5.91. The average Bonchev–Trinajstić information content (AvgIpc) is 3.45. The van der Waals surface area contributed by atoms with Gasteiger partial charge < -0.3 is 15.4 Å². The summed E-state index contributed by atoms with van der Waals surface area (Å²) in [6.07, 6.45) is 5.49. The predicted molar refractivity (Wildman–Crippen MR) is 124 cm³/mol. The quantitative estimate of drug-likeness (QED) is 0.528. The molecule has 0 aliphatic carbocycles. The molecule has 0 bridgehead atoms. The number of rotatable bonds is 7. The summed E-state index contributed by atoms with van der Waals surface area (Å²) in [6.45, 7) is 4.76. The van der Waals surface area contributed by atoms with Crippen molar-refractivity contribution < 1.29 is 9.53 Å². The summed E-state index contributed by atoms with van der Waals surface area (Å²) in [6, 6.07) is 10.1. The highest BCUT2D eigenvalue weighted by Crippen LogP contribution is 2.30. The van der Waals surface area contributed by atoms with Gasteiger partial charge in [0.05, 0.1) is 11.9 Å². The molecule has 0 saturated carbocycles. The van der Waals surface area contributed by atoms with Crippen LogP contribution in [0.3, 0.4) is 0 Å². The smallest absolute Gasteiger partial charge is 0.320 e. The molecule has 3 aromatic rings. The second-order valence-electron chi connectivity index (χ2n) is 8.35. The van der Waals surface area contributed by atoms with Gasteiger partial charge in [-0.05, 0) is 38.8 Å². The number of aromatic nitrogens is 4. The van der Waals surface area contributed by atoms with Gasteiger partial charge >= 0.3 is 6.03 Å². The maximum absolute atomic E-state index is 13.0. The van der Waals surface area contributed by atoms with E-state index in [0.29, 0.717) is 18.5 Å². The van der Waals surface area contributed by atoms with Crippen LogP contribution < -0.4 is 16.0 Å². The molecule has 9 heteroatoms. The van der Waals surface area contributed by atoms with Gasteiger partial charge in [0.1, 0.15) is 11.5 Å². The first-order valence-corrected chi connectivity index (χ1v) is 10.9. The lowest BCUT2D eigenvalue weighted by Crippen LogP contribution is -2.44. The summed E-state index contributed by atoms with van der Waals surface area (Å²) in [4.78, 5) is 13.0. The number of hydrogen-bond donors (Lipinski definition) is 3. The maximum atomic E-state index is 13.0. The van der Waals surface area contributed by atoms with Crippen LogP contribution in [0.1, 0.15) is 25.3 Å². The molecule has 9 nitrogen and oxygen atoms in total. The van der Waals surface area contributed by atoms with Crippen LogP contribution in [0.2, 0.25) is 0 Å². The molecule has 1 fully saturated rings. The van der Waals surface area contributed by atoms with Crippen LogP contribution in [0.25, 0.3) is 16.9 Å². The number of anilines is 1. The predicted octanol–water partition coefficient (Wildman–Crippen LogP) is 2.86. The van der Waals surface area contributed by atoms with Crippen molar-refractivity contribution in [2.45, 2.75) is 44.8 Å². The van der Waals surface area contributed by atoms with Crippen molar-refractivity contribution in [1.82, 2.24) is 30.2 Å². The Morgan fingerprint density at radius 2 is 2.09 bits per heavy atom. The molecule has 3 heterocycles. The first-order chi connectivity index (χ1) is 15.5. The van der Waals surface area contributed by atoms with Crippen LogP contribution in [0.15, 0.2) is 42.7 Å². The fourth-order valence-electron chi connectivity index (χ4n) is 4.24. The first kappa shape index (κ1) is 22.0. The number of nitrogens with zero attached hydrogens (tertiary/aromatic N) is 4. The monoisotopic (exact) mass is 437 g/mol. The van der Waals surface area contributed by atoms with Gasteiger partial charge in [-0.1, -0.05) is 18.2 Å². The zero-order valence-electron chi connectivity index (χ0n) is 19.0. The van der Waals surface area contributed by atoms with E-state index in [9.17, 15) is 4.79 Å². The lowest BCUT2D eigenvalue weighted by atomic mass is 10.1. The van der Waals surface area contributed by atoms with E-state index in [0.717, 1.165) is 35.3 Å². The minimum atomic E-state index is -0.242. The van der Waals surface area contributed by atoms with Gasteiger partial charge in [0.25, 0.3) is 0 Å². The van der Waals surface area contributed by atoms with Crippen LogP contribution in [0, 0.1) is 6.92 Å². The van der Waals surface area contributed by atoms with E-state index in [2.05, 4.69) is 28.0 Å². The minimum Gasteiger partial charge on any atom is -0.385 e. The van der Waals surface area contributed by atoms with Gasteiger partial charge in [-0.3, -0.25) is 10.00 Å². The third-order valence-corrected chi connectivity index (χ3v) is 5.96. The van der Waals surface area contributed by atoms with Gasteiger partial charge in [0.15, 0.2) is 0 Å². The normalized spacial score (nSPS) is 20.4. The molecule has 2 amide bonds. The first-order valence-electron chi connectivity index (χ1n) is 10.9. The molecule has 1 saturated heterocycles. The molecule has 170 valence electrons. The second-order valence-corrected chi connectivity index (χ2v) is 8.35. The number of aryl methyl sites for hydroxylation is 1. The van der Waals surface area contributed by atoms with Crippen LogP contribution in [-0.2, 0) is 11.8 Å². The highest BCUT2D eigenvalue weighted by atomic mass is 16.5. The van der Waals surface area contributed by atoms with E-state index in [-0.39, 0.29) is 18.1 Å². The number of methoxy groups -OCH3 is 1. The Kier molecular flexibility index (Phi) is 6.57. The molecular weight excluding hydrogens is 406 g/mol. The zero-order valence-corrected chi connectivity index (χ0v) is 19.0. The summed E-state index contributed by atoms with van der Waals surface area (Å²) in [5.74, 6) is 0.641. The molecule has 0 spiro atoms. The molecule has 1 aliphatic heterocycles. The van der Waals surface area contributed by atoms with E-state index in [4.69, 9.17) is 9.84 Å². The fraction of sp³-hybridized carbons (Fsp3) is 0.435. The zero-order chi connectivity index (χ0) is 22.7.